The van der Waals surface area contributed by atoms with Gasteiger partial charge in [-0.1, -0.05) is 6.42 Å². The van der Waals surface area contributed by atoms with Crippen molar-refractivity contribution >= 4 is 11.8 Å². The largest absolute Gasteiger partial charge is 0.296 e. The Morgan fingerprint density at radius 3 is 2.87 bits per heavy atom. The van der Waals surface area contributed by atoms with E-state index in [2.05, 4.69) is 17.6 Å². The molecule has 0 radical (unpaired) electrons. The smallest absolute Gasteiger partial charge is 0.109 e. The molecule has 2 aliphatic carbocycles. The van der Waals surface area contributed by atoms with Gasteiger partial charge in [-0.05, 0) is 50.0 Å². The van der Waals surface area contributed by atoms with E-state index in [0.29, 0.717) is 12.0 Å². The molecule has 2 saturated carbocycles. The number of nitrogens with zero attached hydrogens (tertiary/aromatic N) is 1. The van der Waals surface area contributed by atoms with Crippen molar-refractivity contribution in [2.75, 3.05) is 12.0 Å². The van der Waals surface area contributed by atoms with E-state index in [1.54, 1.807) is 0 Å². The third-order valence-corrected chi connectivity index (χ3v) is 4.37. The van der Waals surface area contributed by atoms with E-state index in [4.69, 9.17) is 0 Å². The van der Waals surface area contributed by atoms with Crippen LogP contribution in [0.5, 0.6) is 0 Å². The highest BCUT2D eigenvalue weighted by Crippen LogP contribution is 2.40. The van der Waals surface area contributed by atoms with Crippen molar-refractivity contribution in [1.29, 1.82) is 5.26 Å². The summed E-state index contributed by atoms with van der Waals surface area (Å²) in [4.78, 5) is 0. The second-order valence-corrected chi connectivity index (χ2v) is 5.86. The predicted octanol–water partition coefficient (Wildman–Crippen LogP) is 2.55. The molecule has 0 spiro atoms. The third-order valence-electron chi connectivity index (χ3n) is 3.73. The van der Waals surface area contributed by atoms with Crippen LogP contribution in [0.25, 0.3) is 0 Å². The Hall–Kier alpha value is -0.200. The van der Waals surface area contributed by atoms with Crippen molar-refractivity contribution in [2.45, 2.75) is 50.1 Å². The van der Waals surface area contributed by atoms with Gasteiger partial charge in [-0.2, -0.15) is 17.0 Å². The maximum atomic E-state index is 9.44. The lowest BCUT2D eigenvalue weighted by atomic mass is 9.86. The van der Waals surface area contributed by atoms with Gasteiger partial charge in [-0.15, -0.1) is 0 Å². The van der Waals surface area contributed by atoms with Crippen molar-refractivity contribution in [3.63, 3.8) is 0 Å². The standard InChI is InChI=1S/C12H20N2S/c1-15-8-6-10-3-2-7-12(10,9-13)14-11-4-5-11/h10-11,14H,2-8H2,1H3. The zero-order chi connectivity index (χ0) is 10.7. The Morgan fingerprint density at radius 1 is 1.47 bits per heavy atom. The van der Waals surface area contributed by atoms with Gasteiger partial charge in [0.2, 0.25) is 0 Å². The maximum Gasteiger partial charge on any atom is 0.109 e. The molecule has 2 rings (SSSR count). The Bertz CT molecular complexity index is 257. The van der Waals surface area contributed by atoms with E-state index in [1.807, 2.05) is 11.8 Å². The number of rotatable bonds is 5. The average molecular weight is 224 g/mol. The Morgan fingerprint density at radius 2 is 2.27 bits per heavy atom. The van der Waals surface area contributed by atoms with Crippen LogP contribution in [0.2, 0.25) is 0 Å². The molecule has 2 atom stereocenters. The molecular weight excluding hydrogens is 204 g/mol. The summed E-state index contributed by atoms with van der Waals surface area (Å²) < 4.78 is 0. The van der Waals surface area contributed by atoms with E-state index in [0.717, 1.165) is 6.42 Å². The summed E-state index contributed by atoms with van der Waals surface area (Å²) in [7, 11) is 0. The van der Waals surface area contributed by atoms with Crippen molar-refractivity contribution in [3.05, 3.63) is 0 Å². The Kier molecular flexibility index (Phi) is 3.58. The molecule has 84 valence electrons. The highest BCUT2D eigenvalue weighted by molar-refractivity contribution is 7.98. The van der Waals surface area contributed by atoms with Crippen molar-refractivity contribution in [3.8, 4) is 6.07 Å². The molecule has 2 fully saturated rings. The molecule has 0 aromatic heterocycles. The van der Waals surface area contributed by atoms with Gasteiger partial charge in [0.1, 0.15) is 5.54 Å². The van der Waals surface area contributed by atoms with Gasteiger partial charge in [-0.3, -0.25) is 5.32 Å². The van der Waals surface area contributed by atoms with Crippen LogP contribution >= 0.6 is 11.8 Å². The van der Waals surface area contributed by atoms with Crippen LogP contribution in [0.15, 0.2) is 0 Å². The van der Waals surface area contributed by atoms with Crippen LogP contribution in [-0.2, 0) is 0 Å². The minimum atomic E-state index is -0.170. The van der Waals surface area contributed by atoms with Gasteiger partial charge < -0.3 is 0 Å². The van der Waals surface area contributed by atoms with Crippen LogP contribution < -0.4 is 5.32 Å². The first-order valence-corrected chi connectivity index (χ1v) is 7.38. The number of nitriles is 1. The van der Waals surface area contributed by atoms with Crippen LogP contribution in [0.3, 0.4) is 0 Å². The van der Waals surface area contributed by atoms with Crippen LogP contribution in [-0.4, -0.2) is 23.6 Å². The topological polar surface area (TPSA) is 35.8 Å². The summed E-state index contributed by atoms with van der Waals surface area (Å²) in [6, 6.07) is 3.24. The molecule has 2 aliphatic rings. The highest BCUT2D eigenvalue weighted by atomic mass is 32.2. The summed E-state index contributed by atoms with van der Waals surface area (Å²) in [5.74, 6) is 1.79. The maximum absolute atomic E-state index is 9.44. The first-order valence-electron chi connectivity index (χ1n) is 5.98. The number of thioether (sulfide) groups is 1. The van der Waals surface area contributed by atoms with Gasteiger partial charge >= 0.3 is 0 Å². The van der Waals surface area contributed by atoms with Gasteiger partial charge in [0.25, 0.3) is 0 Å². The SMILES string of the molecule is CSCCC1CCCC1(C#N)NC1CC1. The van der Waals surface area contributed by atoms with Crippen molar-refractivity contribution < 1.29 is 0 Å². The Labute approximate surface area is 96.8 Å². The van der Waals surface area contributed by atoms with Gasteiger partial charge in [0.05, 0.1) is 6.07 Å². The predicted molar refractivity (Wildman–Crippen MR) is 64.8 cm³/mol. The van der Waals surface area contributed by atoms with Gasteiger partial charge in [-0.25, -0.2) is 0 Å². The molecule has 0 bridgehead atoms. The van der Waals surface area contributed by atoms with Crippen molar-refractivity contribution in [2.24, 2.45) is 5.92 Å². The monoisotopic (exact) mass is 224 g/mol. The Balaban J connectivity index is 1.97. The quantitative estimate of drug-likeness (QED) is 0.779. The van der Waals surface area contributed by atoms with E-state index in [1.165, 1.54) is 37.9 Å². The molecule has 3 heteroatoms. The lowest BCUT2D eigenvalue weighted by molar-refractivity contribution is 0.308. The molecule has 0 aromatic rings. The zero-order valence-corrected chi connectivity index (χ0v) is 10.3. The van der Waals surface area contributed by atoms with Crippen LogP contribution in [0, 0.1) is 17.2 Å². The number of hydrogen-bond donors (Lipinski definition) is 1. The summed E-state index contributed by atoms with van der Waals surface area (Å²) >= 11 is 1.90. The fraction of sp³-hybridized carbons (Fsp3) is 0.917. The van der Waals surface area contributed by atoms with E-state index in [-0.39, 0.29) is 5.54 Å². The summed E-state index contributed by atoms with van der Waals surface area (Å²) in [5.41, 5.74) is -0.170. The minimum Gasteiger partial charge on any atom is -0.296 e. The summed E-state index contributed by atoms with van der Waals surface area (Å²) in [6.45, 7) is 0. The molecule has 0 aromatic carbocycles. The second kappa shape index (κ2) is 4.76. The molecule has 0 aliphatic heterocycles. The van der Waals surface area contributed by atoms with Crippen molar-refractivity contribution in [1.82, 2.24) is 5.32 Å². The van der Waals surface area contributed by atoms with Crippen LogP contribution in [0.1, 0.15) is 38.5 Å². The molecule has 1 N–H and O–H groups in total. The second-order valence-electron chi connectivity index (χ2n) is 4.87. The fourth-order valence-electron chi connectivity index (χ4n) is 2.69. The fourth-order valence-corrected chi connectivity index (χ4v) is 3.21. The molecule has 2 nitrogen and oxygen atoms in total. The molecule has 0 amide bonds. The van der Waals surface area contributed by atoms with E-state index < -0.39 is 0 Å². The lowest BCUT2D eigenvalue weighted by Gasteiger charge is -2.30. The molecular formula is C12H20N2S. The highest BCUT2D eigenvalue weighted by Gasteiger charge is 2.45. The third kappa shape index (κ3) is 2.49. The zero-order valence-electron chi connectivity index (χ0n) is 9.46. The molecule has 2 unspecified atom stereocenters. The van der Waals surface area contributed by atoms with E-state index in [9.17, 15) is 5.26 Å². The molecule has 15 heavy (non-hydrogen) atoms. The normalized spacial score (nSPS) is 35.3. The first-order chi connectivity index (χ1) is 7.30. The number of hydrogen-bond acceptors (Lipinski definition) is 3. The van der Waals surface area contributed by atoms with E-state index >= 15 is 0 Å². The molecule has 0 saturated heterocycles. The average Bonchev–Trinajstić information content (AvgIpc) is 2.96. The van der Waals surface area contributed by atoms with Crippen LogP contribution in [0.4, 0.5) is 0 Å². The number of nitrogens with one attached hydrogen (secondary N) is 1. The summed E-state index contributed by atoms with van der Waals surface area (Å²) in [5, 5.41) is 13.0. The lowest BCUT2D eigenvalue weighted by Crippen LogP contribution is -2.48. The first kappa shape index (κ1) is 11.3. The minimum absolute atomic E-state index is 0.170. The van der Waals surface area contributed by atoms with Gasteiger partial charge in [0, 0.05) is 6.04 Å². The molecule has 0 heterocycles. The summed E-state index contributed by atoms with van der Waals surface area (Å²) in [6.07, 6.45) is 9.45. The van der Waals surface area contributed by atoms with Gasteiger partial charge in [0.15, 0.2) is 0 Å².